The van der Waals surface area contributed by atoms with Gasteiger partial charge in [0.2, 0.25) is 5.91 Å². The Morgan fingerprint density at radius 2 is 1.91 bits per heavy atom. The number of nitrogens with one attached hydrogen (secondary N) is 1. The van der Waals surface area contributed by atoms with Gasteiger partial charge in [-0.15, -0.1) is 0 Å². The molecule has 1 aliphatic heterocycles. The molecule has 0 aliphatic carbocycles. The average molecular weight is 476 g/mol. The van der Waals surface area contributed by atoms with Crippen LogP contribution in [-0.2, 0) is 17.9 Å². The Morgan fingerprint density at radius 3 is 2.66 bits per heavy atom. The van der Waals surface area contributed by atoms with Crippen molar-refractivity contribution in [1.29, 1.82) is 0 Å². The molecule has 35 heavy (non-hydrogen) atoms. The van der Waals surface area contributed by atoms with E-state index < -0.39 is 0 Å². The Kier molecular flexibility index (Phi) is 8.21. The molecule has 4 rings (SSSR count). The lowest BCUT2D eigenvalue weighted by Gasteiger charge is -2.37. The van der Waals surface area contributed by atoms with E-state index in [4.69, 9.17) is 9.47 Å². The molecule has 184 valence electrons. The molecule has 2 atom stereocenters. The number of methoxy groups -OCH3 is 1. The van der Waals surface area contributed by atoms with E-state index in [-0.39, 0.29) is 23.5 Å². The summed E-state index contributed by atoms with van der Waals surface area (Å²) in [6, 6.07) is 18.8. The molecule has 0 bridgehead atoms. The number of piperidine rings is 1. The first kappa shape index (κ1) is 24.5. The highest BCUT2D eigenvalue weighted by atomic mass is 16.5. The fraction of sp³-hybridized carbons (Fsp3) is 0.357. The van der Waals surface area contributed by atoms with Crippen molar-refractivity contribution in [2.75, 3.05) is 26.8 Å². The molecule has 2 heterocycles. The van der Waals surface area contributed by atoms with Gasteiger partial charge in [0.1, 0.15) is 17.2 Å². The van der Waals surface area contributed by atoms with Gasteiger partial charge in [0.05, 0.1) is 25.8 Å². The van der Waals surface area contributed by atoms with Crippen LogP contribution in [0.2, 0.25) is 0 Å². The van der Waals surface area contributed by atoms with Crippen molar-refractivity contribution in [1.82, 2.24) is 15.2 Å². The fourth-order valence-electron chi connectivity index (χ4n) is 4.53. The van der Waals surface area contributed by atoms with Gasteiger partial charge >= 0.3 is 0 Å². The predicted molar refractivity (Wildman–Crippen MR) is 134 cm³/mol. The second-order valence-electron chi connectivity index (χ2n) is 9.14. The topological polar surface area (TPSA) is 83.9 Å². The molecule has 2 N–H and O–H groups in total. The third-order valence-corrected chi connectivity index (χ3v) is 6.34. The van der Waals surface area contributed by atoms with E-state index in [1.54, 1.807) is 25.4 Å². The number of ether oxygens (including phenoxy) is 2. The van der Waals surface area contributed by atoms with Gasteiger partial charge in [-0.25, -0.2) is 0 Å². The first-order valence-electron chi connectivity index (χ1n) is 12.0. The first-order chi connectivity index (χ1) is 17.0. The third kappa shape index (κ3) is 6.96. The van der Waals surface area contributed by atoms with Gasteiger partial charge in [-0.1, -0.05) is 30.3 Å². The molecule has 0 unspecified atom stereocenters. The van der Waals surface area contributed by atoms with Crippen molar-refractivity contribution in [3.05, 3.63) is 83.7 Å². The molecule has 7 heteroatoms. The molecule has 0 saturated carbocycles. The second kappa shape index (κ2) is 11.7. The van der Waals surface area contributed by atoms with Crippen LogP contribution in [0.5, 0.6) is 17.2 Å². The van der Waals surface area contributed by atoms with Crippen LogP contribution in [0.15, 0.2) is 66.9 Å². The first-order valence-corrected chi connectivity index (χ1v) is 12.0. The Labute approximate surface area is 206 Å². The zero-order valence-corrected chi connectivity index (χ0v) is 20.3. The van der Waals surface area contributed by atoms with Crippen molar-refractivity contribution < 1.29 is 19.4 Å². The molecular weight excluding hydrogens is 442 g/mol. The van der Waals surface area contributed by atoms with Crippen LogP contribution in [-0.4, -0.2) is 47.7 Å². The summed E-state index contributed by atoms with van der Waals surface area (Å²) in [4.78, 5) is 19.8. The van der Waals surface area contributed by atoms with Gasteiger partial charge < -0.3 is 19.9 Å². The van der Waals surface area contributed by atoms with Gasteiger partial charge in [0, 0.05) is 43.4 Å². The number of aromatic hydroxyl groups is 1. The largest absolute Gasteiger partial charge is 0.508 e. The lowest BCUT2D eigenvalue weighted by molar-refractivity contribution is -0.128. The third-order valence-electron chi connectivity index (χ3n) is 6.34. The number of phenolic OH excluding ortho intramolecular Hbond substituents is 1. The molecule has 1 aliphatic rings. The standard InChI is InChI=1S/C28H33N3O4/c1-20-7-12-26(15-29-20)35-19-22-13-24(18-31(17-22)16-21-8-10-25(32)11-9-21)28(33)30-14-23-5-3-4-6-27(23)34-2/h3-12,15,22,24,32H,13-14,16-19H2,1-2H3,(H,30,33)/t22-,24+/m0/s1. The number of amides is 1. The normalized spacial score (nSPS) is 18.1. The predicted octanol–water partition coefficient (Wildman–Crippen LogP) is 3.94. The Bertz CT molecular complexity index is 1100. The second-order valence-corrected chi connectivity index (χ2v) is 9.14. The Hall–Kier alpha value is -3.58. The quantitative estimate of drug-likeness (QED) is 0.488. The number of phenols is 1. The summed E-state index contributed by atoms with van der Waals surface area (Å²) in [5, 5.41) is 12.7. The molecule has 1 saturated heterocycles. The maximum Gasteiger partial charge on any atom is 0.224 e. The number of likely N-dealkylation sites (tertiary alicyclic amines) is 1. The lowest BCUT2D eigenvalue weighted by atomic mass is 9.88. The maximum absolute atomic E-state index is 13.2. The van der Waals surface area contributed by atoms with E-state index in [1.165, 1.54) is 0 Å². The summed E-state index contributed by atoms with van der Waals surface area (Å²) in [6.45, 7) is 5.10. The number of nitrogens with zero attached hydrogens (tertiary/aromatic N) is 2. The molecule has 7 nitrogen and oxygen atoms in total. The van der Waals surface area contributed by atoms with Crippen molar-refractivity contribution >= 4 is 5.91 Å². The minimum atomic E-state index is -0.152. The van der Waals surface area contributed by atoms with Crippen LogP contribution >= 0.6 is 0 Å². The summed E-state index contributed by atoms with van der Waals surface area (Å²) in [7, 11) is 1.64. The highest BCUT2D eigenvalue weighted by molar-refractivity contribution is 5.79. The molecule has 0 radical (unpaired) electrons. The number of aromatic nitrogens is 1. The zero-order chi connectivity index (χ0) is 24.6. The van der Waals surface area contributed by atoms with Crippen molar-refractivity contribution in [2.24, 2.45) is 11.8 Å². The number of carbonyl (C=O) groups is 1. The van der Waals surface area contributed by atoms with E-state index in [0.717, 1.165) is 41.3 Å². The van der Waals surface area contributed by atoms with Gasteiger partial charge in [-0.2, -0.15) is 0 Å². The van der Waals surface area contributed by atoms with E-state index in [1.807, 2.05) is 55.5 Å². The summed E-state index contributed by atoms with van der Waals surface area (Å²) in [6.07, 6.45) is 2.49. The van der Waals surface area contributed by atoms with Crippen LogP contribution in [0.25, 0.3) is 0 Å². The fourth-order valence-corrected chi connectivity index (χ4v) is 4.53. The smallest absolute Gasteiger partial charge is 0.224 e. The van der Waals surface area contributed by atoms with Crippen molar-refractivity contribution in [3.8, 4) is 17.2 Å². The molecule has 2 aromatic carbocycles. The number of carbonyl (C=O) groups excluding carboxylic acids is 1. The highest BCUT2D eigenvalue weighted by Gasteiger charge is 2.32. The zero-order valence-electron chi connectivity index (χ0n) is 20.3. The van der Waals surface area contributed by atoms with E-state index in [2.05, 4.69) is 15.2 Å². The summed E-state index contributed by atoms with van der Waals surface area (Å²) in [5.74, 6) is 1.84. The van der Waals surface area contributed by atoms with Crippen LogP contribution in [0.4, 0.5) is 0 Å². The minimum absolute atomic E-state index is 0.0355. The van der Waals surface area contributed by atoms with Crippen LogP contribution in [0, 0.1) is 18.8 Å². The van der Waals surface area contributed by atoms with Crippen LogP contribution in [0.3, 0.4) is 0 Å². The summed E-state index contributed by atoms with van der Waals surface area (Å²) < 4.78 is 11.4. The maximum atomic E-state index is 13.2. The van der Waals surface area contributed by atoms with Gasteiger partial charge in [-0.05, 0) is 49.2 Å². The molecular formula is C28H33N3O4. The molecule has 1 amide bonds. The SMILES string of the molecule is COc1ccccc1CNC(=O)[C@@H]1C[C@H](COc2ccc(C)nc2)CN(Cc2ccc(O)cc2)C1. The van der Waals surface area contributed by atoms with Gasteiger partial charge in [-0.3, -0.25) is 14.7 Å². The minimum Gasteiger partial charge on any atom is -0.508 e. The summed E-state index contributed by atoms with van der Waals surface area (Å²) in [5.41, 5.74) is 2.99. The van der Waals surface area contributed by atoms with Crippen LogP contribution < -0.4 is 14.8 Å². The number of aryl methyl sites for hydroxylation is 1. The average Bonchev–Trinajstić information content (AvgIpc) is 2.88. The molecule has 1 fully saturated rings. The Balaban J connectivity index is 1.42. The van der Waals surface area contributed by atoms with E-state index in [0.29, 0.717) is 26.2 Å². The van der Waals surface area contributed by atoms with E-state index in [9.17, 15) is 9.90 Å². The molecule has 3 aromatic rings. The lowest BCUT2D eigenvalue weighted by Crippen LogP contribution is -2.47. The number of para-hydroxylation sites is 1. The van der Waals surface area contributed by atoms with Crippen molar-refractivity contribution in [2.45, 2.75) is 26.4 Å². The van der Waals surface area contributed by atoms with Crippen molar-refractivity contribution in [3.63, 3.8) is 0 Å². The van der Waals surface area contributed by atoms with Gasteiger partial charge in [0.15, 0.2) is 0 Å². The number of hydrogen-bond donors (Lipinski definition) is 2. The molecule has 1 aromatic heterocycles. The number of pyridine rings is 1. The highest BCUT2D eigenvalue weighted by Crippen LogP contribution is 2.26. The van der Waals surface area contributed by atoms with Gasteiger partial charge in [0.25, 0.3) is 0 Å². The Morgan fingerprint density at radius 1 is 1.11 bits per heavy atom. The number of benzene rings is 2. The number of rotatable bonds is 9. The monoisotopic (exact) mass is 475 g/mol. The summed E-state index contributed by atoms with van der Waals surface area (Å²) >= 11 is 0. The number of hydrogen-bond acceptors (Lipinski definition) is 6. The molecule has 0 spiro atoms. The van der Waals surface area contributed by atoms with Crippen LogP contribution in [0.1, 0.15) is 23.2 Å². The van der Waals surface area contributed by atoms with E-state index >= 15 is 0 Å².